The molecule has 0 amide bonds. The molecule has 0 radical (unpaired) electrons. The van der Waals surface area contributed by atoms with E-state index in [0.717, 1.165) is 22.4 Å². The van der Waals surface area contributed by atoms with E-state index in [4.69, 9.17) is 0 Å². The van der Waals surface area contributed by atoms with E-state index in [-0.39, 0.29) is 0 Å². The van der Waals surface area contributed by atoms with Crippen molar-refractivity contribution in [2.24, 2.45) is 0 Å². The second-order valence-corrected chi connectivity index (χ2v) is 4.08. The van der Waals surface area contributed by atoms with Gasteiger partial charge in [-0.3, -0.25) is 4.98 Å². The van der Waals surface area contributed by atoms with Crippen LogP contribution in [0.1, 0.15) is 30.7 Å². The van der Waals surface area contributed by atoms with E-state index < -0.39 is 5.83 Å². The predicted octanol–water partition coefficient (Wildman–Crippen LogP) is 4.87. The Labute approximate surface area is 108 Å². The zero-order chi connectivity index (χ0) is 13.5. The third-order valence-corrected chi connectivity index (χ3v) is 2.52. The predicted molar refractivity (Wildman–Crippen MR) is 76.7 cm³/mol. The second kappa shape index (κ2) is 6.70. The van der Waals surface area contributed by atoms with Gasteiger partial charge >= 0.3 is 0 Å². The van der Waals surface area contributed by atoms with Crippen molar-refractivity contribution in [3.8, 4) is 0 Å². The molecule has 0 atom stereocenters. The Morgan fingerprint density at radius 1 is 1.44 bits per heavy atom. The van der Waals surface area contributed by atoms with Crippen molar-refractivity contribution in [2.75, 3.05) is 0 Å². The zero-order valence-corrected chi connectivity index (χ0v) is 11.1. The maximum Gasteiger partial charge on any atom is 0.116 e. The summed E-state index contributed by atoms with van der Waals surface area (Å²) < 4.78 is 12.4. The highest BCUT2D eigenvalue weighted by atomic mass is 19.1. The summed E-state index contributed by atoms with van der Waals surface area (Å²) in [5, 5.41) is 0. The fourth-order valence-electron chi connectivity index (χ4n) is 1.53. The van der Waals surface area contributed by atoms with Gasteiger partial charge in [-0.1, -0.05) is 24.8 Å². The van der Waals surface area contributed by atoms with Gasteiger partial charge in [0, 0.05) is 6.20 Å². The molecule has 1 nitrogen and oxygen atoms in total. The number of hydrogen-bond donors (Lipinski definition) is 0. The molecule has 0 aromatic carbocycles. The number of aromatic nitrogens is 1. The van der Waals surface area contributed by atoms with E-state index >= 15 is 0 Å². The quantitative estimate of drug-likeness (QED) is 0.688. The Hall–Kier alpha value is -1.96. The molecular formula is C16H18FN. The summed E-state index contributed by atoms with van der Waals surface area (Å²) >= 11 is 0. The molecule has 1 heterocycles. The number of aryl methyl sites for hydroxylation is 1. The fraction of sp³-hybridized carbons (Fsp3) is 0.188. The molecule has 1 rings (SSSR count). The minimum atomic E-state index is -0.447. The SMILES string of the molecule is C=C(F)/C=C\C=C(/C)c1cnc(/C=C\C)c(C)c1. The Kier molecular flexibility index (Phi) is 5.25. The summed E-state index contributed by atoms with van der Waals surface area (Å²) in [6.45, 7) is 9.13. The van der Waals surface area contributed by atoms with Crippen LogP contribution < -0.4 is 0 Å². The van der Waals surface area contributed by atoms with Crippen molar-refractivity contribution in [1.82, 2.24) is 4.98 Å². The highest BCUT2D eigenvalue weighted by molar-refractivity contribution is 5.66. The summed E-state index contributed by atoms with van der Waals surface area (Å²) in [4.78, 5) is 4.39. The summed E-state index contributed by atoms with van der Waals surface area (Å²) in [7, 11) is 0. The van der Waals surface area contributed by atoms with Gasteiger partial charge in [-0.2, -0.15) is 0 Å². The summed E-state index contributed by atoms with van der Waals surface area (Å²) in [5.74, 6) is -0.447. The Morgan fingerprint density at radius 2 is 2.17 bits per heavy atom. The molecule has 0 unspecified atom stereocenters. The molecule has 0 bridgehead atoms. The van der Waals surface area contributed by atoms with Gasteiger partial charge in [0.15, 0.2) is 0 Å². The monoisotopic (exact) mass is 243 g/mol. The van der Waals surface area contributed by atoms with Crippen molar-refractivity contribution >= 4 is 11.6 Å². The molecule has 0 aliphatic rings. The lowest BCUT2D eigenvalue weighted by molar-refractivity contribution is 0.671. The Morgan fingerprint density at radius 3 is 2.72 bits per heavy atom. The van der Waals surface area contributed by atoms with E-state index in [1.165, 1.54) is 6.08 Å². The molecule has 18 heavy (non-hydrogen) atoms. The molecule has 0 saturated carbocycles. The van der Waals surface area contributed by atoms with Gasteiger partial charge in [-0.25, -0.2) is 4.39 Å². The van der Waals surface area contributed by atoms with E-state index in [0.29, 0.717) is 0 Å². The Balaban J connectivity index is 2.97. The molecule has 1 aromatic rings. The lowest BCUT2D eigenvalue weighted by Gasteiger charge is -2.04. The standard InChI is InChI=1S/C16H18FN/c1-5-7-16-13(3)10-15(11-18-16)12(2)8-6-9-14(4)17/h5-11H,4H2,1-3H3/b7-5-,9-6-,12-8+. The first kappa shape index (κ1) is 14.1. The highest BCUT2D eigenvalue weighted by Crippen LogP contribution is 2.17. The smallest absolute Gasteiger partial charge is 0.116 e. The van der Waals surface area contributed by atoms with Gasteiger partial charge in [0.1, 0.15) is 5.83 Å². The molecular weight excluding hydrogens is 225 g/mol. The number of rotatable bonds is 4. The molecule has 0 aliphatic carbocycles. The summed E-state index contributed by atoms with van der Waals surface area (Å²) in [5.41, 5.74) is 4.17. The first-order valence-electron chi connectivity index (χ1n) is 5.83. The molecule has 1 aromatic heterocycles. The molecule has 0 saturated heterocycles. The van der Waals surface area contributed by atoms with Crippen LogP contribution >= 0.6 is 0 Å². The Bertz CT molecular complexity index is 522. The lowest BCUT2D eigenvalue weighted by Crippen LogP contribution is -1.90. The molecule has 0 fully saturated rings. The number of nitrogens with zero attached hydrogens (tertiary/aromatic N) is 1. The van der Waals surface area contributed by atoms with Gasteiger partial charge in [0.2, 0.25) is 0 Å². The summed E-state index contributed by atoms with van der Waals surface area (Å²) in [6, 6.07) is 2.08. The molecule has 2 heteroatoms. The third-order valence-electron chi connectivity index (χ3n) is 2.52. The average Bonchev–Trinajstić information content (AvgIpc) is 2.31. The highest BCUT2D eigenvalue weighted by Gasteiger charge is 2.00. The first-order chi connectivity index (χ1) is 8.54. The number of pyridine rings is 1. The van der Waals surface area contributed by atoms with Crippen molar-refractivity contribution in [2.45, 2.75) is 20.8 Å². The van der Waals surface area contributed by atoms with Crippen LogP contribution in [0.25, 0.3) is 11.6 Å². The van der Waals surface area contributed by atoms with Crippen LogP contribution in [0.3, 0.4) is 0 Å². The van der Waals surface area contributed by atoms with Crippen LogP contribution in [0.2, 0.25) is 0 Å². The maximum absolute atomic E-state index is 12.4. The lowest BCUT2D eigenvalue weighted by atomic mass is 10.1. The van der Waals surface area contributed by atoms with Crippen molar-refractivity contribution in [1.29, 1.82) is 0 Å². The molecule has 0 aliphatic heterocycles. The molecule has 94 valence electrons. The van der Waals surface area contributed by atoms with Gasteiger partial charge in [-0.15, -0.1) is 0 Å². The largest absolute Gasteiger partial charge is 0.256 e. The van der Waals surface area contributed by atoms with Gasteiger partial charge in [0.05, 0.1) is 5.69 Å². The average molecular weight is 243 g/mol. The van der Waals surface area contributed by atoms with Gasteiger partial charge < -0.3 is 0 Å². The van der Waals surface area contributed by atoms with Crippen molar-refractivity contribution in [3.05, 3.63) is 65.8 Å². The third kappa shape index (κ3) is 4.13. The number of allylic oxidation sites excluding steroid dienone is 6. The van der Waals surface area contributed by atoms with Crippen LogP contribution in [0.5, 0.6) is 0 Å². The van der Waals surface area contributed by atoms with Crippen molar-refractivity contribution in [3.63, 3.8) is 0 Å². The molecule has 0 N–H and O–H groups in total. The van der Waals surface area contributed by atoms with E-state index in [9.17, 15) is 4.39 Å². The van der Waals surface area contributed by atoms with E-state index in [1.54, 1.807) is 6.08 Å². The minimum absolute atomic E-state index is 0.447. The van der Waals surface area contributed by atoms with Crippen LogP contribution in [-0.2, 0) is 0 Å². The van der Waals surface area contributed by atoms with Crippen LogP contribution in [0.4, 0.5) is 4.39 Å². The van der Waals surface area contributed by atoms with E-state index in [2.05, 4.69) is 17.6 Å². The first-order valence-corrected chi connectivity index (χ1v) is 5.83. The van der Waals surface area contributed by atoms with Crippen LogP contribution in [0, 0.1) is 6.92 Å². The number of halogens is 1. The fourth-order valence-corrected chi connectivity index (χ4v) is 1.53. The maximum atomic E-state index is 12.4. The zero-order valence-electron chi connectivity index (χ0n) is 11.1. The number of hydrogen-bond acceptors (Lipinski definition) is 1. The van der Waals surface area contributed by atoms with E-state index in [1.807, 2.05) is 45.2 Å². The van der Waals surface area contributed by atoms with Crippen LogP contribution in [0.15, 0.2) is 49.0 Å². The summed E-state index contributed by atoms with van der Waals surface area (Å²) in [6.07, 6.45) is 10.6. The second-order valence-electron chi connectivity index (χ2n) is 4.08. The van der Waals surface area contributed by atoms with Crippen LogP contribution in [-0.4, -0.2) is 4.98 Å². The van der Waals surface area contributed by atoms with Crippen molar-refractivity contribution < 1.29 is 4.39 Å². The molecule has 0 spiro atoms. The normalized spacial score (nSPS) is 12.6. The topological polar surface area (TPSA) is 12.9 Å². The van der Waals surface area contributed by atoms with Gasteiger partial charge in [-0.05, 0) is 55.7 Å². The van der Waals surface area contributed by atoms with Gasteiger partial charge in [0.25, 0.3) is 0 Å². The minimum Gasteiger partial charge on any atom is -0.256 e.